The first-order valence-electron chi connectivity index (χ1n) is 20.8. The highest BCUT2D eigenvalue weighted by Gasteiger charge is 2.23. The largest absolute Gasteiger partial charge is 0.309 e. The van der Waals surface area contributed by atoms with Gasteiger partial charge in [0, 0.05) is 54.6 Å². The monoisotopic (exact) mass is 777 g/mol. The van der Waals surface area contributed by atoms with Crippen molar-refractivity contribution in [2.75, 3.05) is 0 Å². The SMILES string of the molecule is c1ccc(-c2ccc3c(c2)c2cc(-c4nc(-n5c6ccccc6c6ccc7c(c8ccccc8n7-c7ccccc7)c65)nc5ccccc45)ccc2n3-c2ccccc2)cc1. The average Bonchev–Trinajstić information content (AvgIpc) is 3.97. The summed E-state index contributed by atoms with van der Waals surface area (Å²) in [6, 6.07) is 76.0. The summed E-state index contributed by atoms with van der Waals surface area (Å²) in [5.41, 5.74) is 14.2. The third-order valence-corrected chi connectivity index (χ3v) is 12.4. The van der Waals surface area contributed by atoms with Crippen LogP contribution >= 0.6 is 0 Å². The fraction of sp³-hybridized carbons (Fsp3) is 0. The lowest BCUT2D eigenvalue weighted by molar-refractivity contribution is 1.02. The van der Waals surface area contributed by atoms with Gasteiger partial charge in [-0.1, -0.05) is 140 Å². The van der Waals surface area contributed by atoms with Gasteiger partial charge in [-0.05, 0) is 83.9 Å². The minimum absolute atomic E-state index is 0.641. The van der Waals surface area contributed by atoms with Crippen LogP contribution in [-0.4, -0.2) is 23.7 Å². The summed E-state index contributed by atoms with van der Waals surface area (Å²) in [5, 5.41) is 8.07. The van der Waals surface area contributed by atoms with Gasteiger partial charge in [-0.15, -0.1) is 0 Å². The van der Waals surface area contributed by atoms with Crippen LogP contribution in [0.4, 0.5) is 0 Å². The number of hydrogen-bond donors (Lipinski definition) is 0. The predicted molar refractivity (Wildman–Crippen MR) is 253 cm³/mol. The number of hydrogen-bond acceptors (Lipinski definition) is 2. The third-order valence-electron chi connectivity index (χ3n) is 12.4. The Morgan fingerprint density at radius 1 is 0.295 bits per heavy atom. The molecule has 4 heterocycles. The standard InChI is InChI=1S/C56H35N5/c1-4-16-36(17-5-1)37-28-31-50-45(34-37)46-35-38(29-32-51(46)59(50)39-18-6-2-7-19-39)54-43-23-10-13-25-47(43)57-56(58-54)61-48-26-14-11-22-41(48)42-30-33-52-53(55(42)61)44-24-12-15-27-49(44)60(52)40-20-8-3-9-21-40/h1-35H. The summed E-state index contributed by atoms with van der Waals surface area (Å²) < 4.78 is 7.06. The van der Waals surface area contributed by atoms with E-state index >= 15 is 0 Å². The van der Waals surface area contributed by atoms with Crippen molar-refractivity contribution >= 4 is 76.3 Å². The van der Waals surface area contributed by atoms with E-state index in [4.69, 9.17) is 9.97 Å². The molecule has 0 aliphatic carbocycles. The summed E-state index contributed by atoms with van der Waals surface area (Å²) in [6.45, 7) is 0. The Morgan fingerprint density at radius 2 is 0.803 bits per heavy atom. The molecule has 0 bridgehead atoms. The molecule has 0 saturated carbocycles. The minimum Gasteiger partial charge on any atom is -0.309 e. The lowest BCUT2D eigenvalue weighted by Crippen LogP contribution is -2.03. The van der Waals surface area contributed by atoms with Crippen LogP contribution in [0.3, 0.4) is 0 Å². The molecule has 0 aliphatic rings. The number of nitrogens with zero attached hydrogens (tertiary/aromatic N) is 5. The van der Waals surface area contributed by atoms with Gasteiger partial charge < -0.3 is 9.13 Å². The fourth-order valence-corrected chi connectivity index (χ4v) is 9.79. The normalized spacial score (nSPS) is 11.9. The second-order valence-corrected chi connectivity index (χ2v) is 15.8. The summed E-state index contributed by atoms with van der Waals surface area (Å²) in [6.07, 6.45) is 0. The quantitative estimate of drug-likeness (QED) is 0.175. The Hall–Kier alpha value is -8.28. The van der Waals surface area contributed by atoms with Crippen molar-refractivity contribution in [3.05, 3.63) is 212 Å². The summed E-state index contributed by atoms with van der Waals surface area (Å²) >= 11 is 0. The molecule has 284 valence electrons. The molecule has 0 saturated heterocycles. The maximum Gasteiger partial charge on any atom is 0.235 e. The predicted octanol–water partition coefficient (Wildman–Crippen LogP) is 14.3. The number of aromatic nitrogens is 5. The topological polar surface area (TPSA) is 40.6 Å². The Morgan fingerprint density at radius 3 is 1.51 bits per heavy atom. The van der Waals surface area contributed by atoms with Crippen LogP contribution in [0.15, 0.2) is 212 Å². The van der Waals surface area contributed by atoms with Crippen LogP contribution in [-0.2, 0) is 0 Å². The number of benzene rings is 9. The number of para-hydroxylation sites is 5. The molecule has 0 amide bonds. The molecule has 61 heavy (non-hydrogen) atoms. The Kier molecular flexibility index (Phi) is 7.24. The highest BCUT2D eigenvalue weighted by Crippen LogP contribution is 2.43. The van der Waals surface area contributed by atoms with Crippen molar-refractivity contribution in [1.29, 1.82) is 0 Å². The molecule has 0 unspecified atom stereocenters. The van der Waals surface area contributed by atoms with Crippen LogP contribution in [0.2, 0.25) is 0 Å². The molecule has 13 aromatic rings. The molecule has 0 radical (unpaired) electrons. The molecular formula is C56H35N5. The summed E-state index contributed by atoms with van der Waals surface area (Å²) in [5.74, 6) is 0.641. The highest BCUT2D eigenvalue weighted by atomic mass is 15.2. The van der Waals surface area contributed by atoms with Crippen LogP contribution in [0, 0.1) is 0 Å². The first-order chi connectivity index (χ1) is 30.3. The highest BCUT2D eigenvalue weighted by molar-refractivity contribution is 6.26. The van der Waals surface area contributed by atoms with Crippen molar-refractivity contribution in [1.82, 2.24) is 23.7 Å². The van der Waals surface area contributed by atoms with Gasteiger partial charge in [0.15, 0.2) is 0 Å². The average molecular weight is 778 g/mol. The van der Waals surface area contributed by atoms with E-state index in [2.05, 4.69) is 226 Å². The van der Waals surface area contributed by atoms with Gasteiger partial charge in [0.05, 0.1) is 44.3 Å². The lowest BCUT2D eigenvalue weighted by atomic mass is 10.0. The molecule has 0 fully saturated rings. The van der Waals surface area contributed by atoms with E-state index in [1.165, 1.54) is 43.4 Å². The van der Waals surface area contributed by atoms with Gasteiger partial charge in [0.1, 0.15) is 0 Å². The van der Waals surface area contributed by atoms with Crippen LogP contribution in [0.25, 0.3) is 116 Å². The fourth-order valence-electron chi connectivity index (χ4n) is 9.79. The lowest BCUT2D eigenvalue weighted by Gasteiger charge is -2.13. The van der Waals surface area contributed by atoms with Gasteiger partial charge in [-0.3, -0.25) is 4.57 Å². The summed E-state index contributed by atoms with van der Waals surface area (Å²) in [7, 11) is 0. The third kappa shape index (κ3) is 5.01. The van der Waals surface area contributed by atoms with E-state index in [0.717, 1.165) is 66.6 Å². The number of fused-ring (bicyclic) bond motifs is 11. The second kappa shape index (κ2) is 13.1. The molecular weight excluding hydrogens is 743 g/mol. The zero-order valence-corrected chi connectivity index (χ0v) is 32.9. The molecule has 5 heteroatoms. The Labute approximate surface area is 350 Å². The first kappa shape index (κ1) is 33.7. The molecule has 13 rings (SSSR count). The maximum atomic E-state index is 5.62. The minimum atomic E-state index is 0.641. The van der Waals surface area contributed by atoms with Gasteiger partial charge >= 0.3 is 0 Å². The van der Waals surface area contributed by atoms with Gasteiger partial charge in [-0.25, -0.2) is 9.97 Å². The van der Waals surface area contributed by atoms with E-state index in [1.54, 1.807) is 0 Å². The van der Waals surface area contributed by atoms with E-state index in [0.29, 0.717) is 5.95 Å². The van der Waals surface area contributed by atoms with Crippen LogP contribution < -0.4 is 0 Å². The van der Waals surface area contributed by atoms with Crippen LogP contribution in [0.1, 0.15) is 0 Å². The summed E-state index contributed by atoms with van der Waals surface area (Å²) in [4.78, 5) is 11.0. The van der Waals surface area contributed by atoms with Crippen LogP contribution in [0.5, 0.6) is 0 Å². The van der Waals surface area contributed by atoms with Gasteiger partial charge in [0.25, 0.3) is 0 Å². The van der Waals surface area contributed by atoms with E-state index in [9.17, 15) is 0 Å². The molecule has 0 N–H and O–H groups in total. The second-order valence-electron chi connectivity index (χ2n) is 15.8. The number of rotatable bonds is 5. The zero-order chi connectivity index (χ0) is 40.0. The smallest absolute Gasteiger partial charge is 0.235 e. The Bertz CT molecular complexity index is 3860. The molecule has 0 spiro atoms. The molecule has 0 atom stereocenters. The molecule has 4 aromatic heterocycles. The molecule has 0 aliphatic heterocycles. The van der Waals surface area contributed by atoms with E-state index < -0.39 is 0 Å². The molecule has 5 nitrogen and oxygen atoms in total. The van der Waals surface area contributed by atoms with Crippen molar-refractivity contribution in [3.63, 3.8) is 0 Å². The van der Waals surface area contributed by atoms with Gasteiger partial charge in [-0.2, -0.15) is 0 Å². The zero-order valence-electron chi connectivity index (χ0n) is 32.9. The maximum absolute atomic E-state index is 5.62. The van der Waals surface area contributed by atoms with Crippen molar-refractivity contribution in [3.8, 4) is 39.7 Å². The van der Waals surface area contributed by atoms with Crippen molar-refractivity contribution in [2.24, 2.45) is 0 Å². The van der Waals surface area contributed by atoms with E-state index in [1.807, 2.05) is 0 Å². The van der Waals surface area contributed by atoms with E-state index in [-0.39, 0.29) is 0 Å². The van der Waals surface area contributed by atoms with Crippen molar-refractivity contribution in [2.45, 2.75) is 0 Å². The van der Waals surface area contributed by atoms with Crippen molar-refractivity contribution < 1.29 is 0 Å². The molecule has 9 aromatic carbocycles. The van der Waals surface area contributed by atoms with Gasteiger partial charge in [0.2, 0.25) is 5.95 Å². The Balaban J connectivity index is 1.11. The first-order valence-corrected chi connectivity index (χ1v) is 20.8.